The van der Waals surface area contributed by atoms with Crippen LogP contribution < -0.4 is 19.1 Å². The van der Waals surface area contributed by atoms with Crippen LogP contribution in [-0.2, 0) is 14.3 Å². The summed E-state index contributed by atoms with van der Waals surface area (Å²) in [5.74, 6) is -0.350. The minimum atomic E-state index is -1.14. The third-order valence-corrected chi connectivity index (χ3v) is 6.27. The van der Waals surface area contributed by atoms with Crippen LogP contribution in [0.2, 0.25) is 0 Å². The molecule has 0 fully saturated rings. The summed E-state index contributed by atoms with van der Waals surface area (Å²) in [6, 6.07) is 10.4. The number of fused-ring (bicyclic) bond motifs is 3. The molecule has 0 saturated heterocycles. The zero-order valence-corrected chi connectivity index (χ0v) is 20.7. The molecule has 1 amide bonds. The van der Waals surface area contributed by atoms with Crippen molar-refractivity contribution >= 4 is 28.9 Å². The molecule has 9 heteroatoms. The number of para-hydroxylation sites is 2. The van der Waals surface area contributed by atoms with E-state index in [1.807, 2.05) is 28.8 Å². The minimum absolute atomic E-state index is 0.158. The molecule has 2 atom stereocenters. The number of methoxy groups -OCH3 is 3. The van der Waals surface area contributed by atoms with E-state index in [2.05, 4.69) is 6.92 Å². The minimum Gasteiger partial charge on any atom is -0.493 e. The molecule has 1 aliphatic heterocycles. The van der Waals surface area contributed by atoms with Gasteiger partial charge in [0.2, 0.25) is 17.6 Å². The Bertz CT molecular complexity index is 1240. The number of unbranched alkanes of at least 4 members (excludes halogenated alkanes) is 1. The summed E-state index contributed by atoms with van der Waals surface area (Å²) in [5.41, 5.74) is 2.12. The Hall–Kier alpha value is -3.75. The quantitative estimate of drug-likeness (QED) is 0.337. The van der Waals surface area contributed by atoms with Gasteiger partial charge in [-0.25, -0.2) is 4.98 Å². The van der Waals surface area contributed by atoms with Crippen molar-refractivity contribution < 1.29 is 28.5 Å². The van der Waals surface area contributed by atoms with Crippen LogP contribution in [0.4, 0.5) is 5.95 Å². The molecular formula is C26H31N3O6. The SMILES string of the molecule is CCCCN1C(=O)C(C(=O)OCC)C(c2ccc(OC)c(OC)c2OC)n2c1nc1ccccc12. The maximum absolute atomic E-state index is 13.9. The van der Waals surface area contributed by atoms with Crippen LogP contribution in [0, 0.1) is 5.92 Å². The monoisotopic (exact) mass is 481 g/mol. The number of nitrogens with zero attached hydrogens (tertiary/aromatic N) is 3. The van der Waals surface area contributed by atoms with Crippen molar-refractivity contribution in [3.8, 4) is 17.2 Å². The molecule has 0 radical (unpaired) electrons. The molecule has 0 saturated carbocycles. The van der Waals surface area contributed by atoms with Crippen LogP contribution in [0.25, 0.3) is 11.0 Å². The van der Waals surface area contributed by atoms with Gasteiger partial charge in [0.25, 0.3) is 0 Å². The zero-order chi connectivity index (χ0) is 25.1. The van der Waals surface area contributed by atoms with E-state index in [-0.39, 0.29) is 12.5 Å². The Morgan fingerprint density at radius 3 is 2.40 bits per heavy atom. The summed E-state index contributed by atoms with van der Waals surface area (Å²) in [5, 5.41) is 0. The highest BCUT2D eigenvalue weighted by molar-refractivity contribution is 6.08. The molecule has 1 aliphatic rings. The number of carbonyl (C=O) groups excluding carboxylic acids is 2. The highest BCUT2D eigenvalue weighted by Crippen LogP contribution is 2.48. The molecule has 0 N–H and O–H groups in total. The summed E-state index contributed by atoms with van der Waals surface area (Å²) in [6.07, 6.45) is 1.66. The molecule has 9 nitrogen and oxygen atoms in total. The standard InChI is InChI=1S/C26H31N3O6/c1-6-8-15-28-24(30)20(25(31)35-7-2)21(29-18-12-10-9-11-17(18)27-26(28)29)16-13-14-19(32-3)23(34-5)22(16)33-4/h9-14,20-21H,6-8,15H2,1-5H3. The van der Waals surface area contributed by atoms with Crippen LogP contribution in [0.1, 0.15) is 38.3 Å². The number of ether oxygens (including phenoxy) is 4. The number of hydrogen-bond donors (Lipinski definition) is 0. The number of anilines is 1. The lowest BCUT2D eigenvalue weighted by molar-refractivity contribution is -0.153. The molecule has 2 aromatic carbocycles. The van der Waals surface area contributed by atoms with E-state index in [0.717, 1.165) is 23.9 Å². The van der Waals surface area contributed by atoms with Gasteiger partial charge in [-0.2, -0.15) is 0 Å². The number of aromatic nitrogens is 2. The molecule has 0 spiro atoms. The second-order valence-corrected chi connectivity index (χ2v) is 8.21. The molecule has 2 heterocycles. The van der Waals surface area contributed by atoms with Crippen molar-refractivity contribution in [2.45, 2.75) is 32.7 Å². The second kappa shape index (κ2) is 10.2. The fourth-order valence-corrected chi connectivity index (χ4v) is 4.71. The number of rotatable bonds is 9. The molecule has 2 unspecified atom stereocenters. The number of amides is 1. The number of hydrogen-bond acceptors (Lipinski definition) is 7. The predicted molar refractivity (Wildman–Crippen MR) is 131 cm³/mol. The maximum atomic E-state index is 13.9. The normalized spacial score (nSPS) is 17.3. The van der Waals surface area contributed by atoms with Crippen LogP contribution in [-0.4, -0.2) is 55.9 Å². The largest absolute Gasteiger partial charge is 0.493 e. The maximum Gasteiger partial charge on any atom is 0.321 e. The van der Waals surface area contributed by atoms with Gasteiger partial charge in [-0.05, 0) is 37.6 Å². The Kier molecular flexibility index (Phi) is 7.14. The first-order chi connectivity index (χ1) is 17.0. The molecule has 186 valence electrons. The summed E-state index contributed by atoms with van der Waals surface area (Å²) in [7, 11) is 4.57. The van der Waals surface area contributed by atoms with Crippen molar-refractivity contribution in [3.63, 3.8) is 0 Å². The lowest BCUT2D eigenvalue weighted by atomic mass is 9.88. The van der Waals surface area contributed by atoms with Crippen molar-refractivity contribution in [3.05, 3.63) is 42.0 Å². The van der Waals surface area contributed by atoms with Gasteiger partial charge in [0.1, 0.15) is 0 Å². The average molecular weight is 482 g/mol. The van der Waals surface area contributed by atoms with E-state index in [1.165, 1.54) is 21.3 Å². The number of carbonyl (C=O) groups is 2. The molecular weight excluding hydrogens is 450 g/mol. The summed E-state index contributed by atoms with van der Waals surface area (Å²) >= 11 is 0. The Balaban J connectivity index is 2.05. The Labute approximate surface area is 204 Å². The lowest BCUT2D eigenvalue weighted by Gasteiger charge is -2.38. The first-order valence-electron chi connectivity index (χ1n) is 11.8. The lowest BCUT2D eigenvalue weighted by Crippen LogP contribution is -2.50. The predicted octanol–water partition coefficient (Wildman–Crippen LogP) is 3.98. The summed E-state index contributed by atoms with van der Waals surface area (Å²) < 4.78 is 24.2. The second-order valence-electron chi connectivity index (χ2n) is 8.21. The molecule has 3 aromatic rings. The van der Waals surface area contributed by atoms with E-state index in [0.29, 0.717) is 35.3 Å². The van der Waals surface area contributed by atoms with E-state index < -0.39 is 17.9 Å². The fraction of sp³-hybridized carbons (Fsp3) is 0.423. The van der Waals surface area contributed by atoms with Gasteiger partial charge in [0.05, 0.1) is 45.0 Å². The topological polar surface area (TPSA) is 92.1 Å². The van der Waals surface area contributed by atoms with E-state index in [1.54, 1.807) is 24.0 Å². The number of esters is 1. The van der Waals surface area contributed by atoms with Gasteiger partial charge in [0.15, 0.2) is 17.4 Å². The van der Waals surface area contributed by atoms with Crippen LogP contribution in [0.3, 0.4) is 0 Å². The molecule has 0 bridgehead atoms. The molecule has 0 aliphatic carbocycles. The summed E-state index contributed by atoms with van der Waals surface area (Å²) in [4.78, 5) is 33.7. The van der Waals surface area contributed by atoms with E-state index in [9.17, 15) is 9.59 Å². The van der Waals surface area contributed by atoms with Gasteiger partial charge in [0, 0.05) is 12.1 Å². The van der Waals surface area contributed by atoms with Crippen molar-refractivity contribution in [1.29, 1.82) is 0 Å². The summed E-state index contributed by atoms with van der Waals surface area (Å²) in [6.45, 7) is 4.39. The number of benzene rings is 2. The van der Waals surface area contributed by atoms with E-state index in [4.69, 9.17) is 23.9 Å². The molecule has 35 heavy (non-hydrogen) atoms. The van der Waals surface area contributed by atoms with Gasteiger partial charge >= 0.3 is 5.97 Å². The molecule has 1 aromatic heterocycles. The van der Waals surface area contributed by atoms with Crippen molar-refractivity contribution in [2.24, 2.45) is 5.92 Å². The van der Waals surface area contributed by atoms with Gasteiger partial charge in [-0.3, -0.25) is 14.5 Å². The average Bonchev–Trinajstić information content (AvgIpc) is 3.25. The van der Waals surface area contributed by atoms with Crippen LogP contribution >= 0.6 is 0 Å². The van der Waals surface area contributed by atoms with Crippen molar-refractivity contribution in [2.75, 3.05) is 39.4 Å². The highest BCUT2D eigenvalue weighted by atomic mass is 16.5. The zero-order valence-electron chi connectivity index (χ0n) is 20.7. The van der Waals surface area contributed by atoms with Gasteiger partial charge in [-0.1, -0.05) is 25.5 Å². The van der Waals surface area contributed by atoms with Crippen LogP contribution in [0.15, 0.2) is 36.4 Å². The number of imidazole rings is 1. The first kappa shape index (κ1) is 24.4. The fourth-order valence-electron chi connectivity index (χ4n) is 4.71. The third kappa shape index (κ3) is 4.05. The Morgan fingerprint density at radius 1 is 1.00 bits per heavy atom. The third-order valence-electron chi connectivity index (χ3n) is 6.27. The Morgan fingerprint density at radius 2 is 1.74 bits per heavy atom. The smallest absolute Gasteiger partial charge is 0.321 e. The highest BCUT2D eigenvalue weighted by Gasteiger charge is 2.49. The van der Waals surface area contributed by atoms with E-state index >= 15 is 0 Å². The first-order valence-corrected chi connectivity index (χ1v) is 11.8. The molecule has 4 rings (SSSR count). The van der Waals surface area contributed by atoms with Crippen molar-refractivity contribution in [1.82, 2.24) is 9.55 Å². The van der Waals surface area contributed by atoms with Crippen LogP contribution in [0.5, 0.6) is 17.2 Å². The van der Waals surface area contributed by atoms with Gasteiger partial charge < -0.3 is 23.5 Å². The van der Waals surface area contributed by atoms with Gasteiger partial charge in [-0.15, -0.1) is 0 Å².